The van der Waals surface area contributed by atoms with Crippen LogP contribution in [0.3, 0.4) is 0 Å². The van der Waals surface area contributed by atoms with E-state index in [1.54, 1.807) is 25.1 Å². The summed E-state index contributed by atoms with van der Waals surface area (Å²) in [7, 11) is -3.81. The SMILES string of the molecule is CC(=O)N1CCN(c2cccc(NS(=O)(=O)c3cnc[nH]3)c2C)C1=O. The van der Waals surface area contributed by atoms with Crippen molar-refractivity contribution in [1.29, 1.82) is 0 Å². The number of nitrogens with one attached hydrogen (secondary N) is 2. The van der Waals surface area contributed by atoms with Crippen molar-refractivity contribution in [2.45, 2.75) is 18.9 Å². The third-order valence-electron chi connectivity index (χ3n) is 3.99. The zero-order chi connectivity index (χ0) is 18.2. The first-order valence-electron chi connectivity index (χ1n) is 7.51. The van der Waals surface area contributed by atoms with Gasteiger partial charge in [0.1, 0.15) is 0 Å². The highest BCUT2D eigenvalue weighted by atomic mass is 32.2. The van der Waals surface area contributed by atoms with Gasteiger partial charge in [-0.3, -0.25) is 19.3 Å². The van der Waals surface area contributed by atoms with Gasteiger partial charge in [-0.15, -0.1) is 0 Å². The second-order valence-corrected chi connectivity index (χ2v) is 7.23. The van der Waals surface area contributed by atoms with Gasteiger partial charge in [-0.1, -0.05) is 6.07 Å². The van der Waals surface area contributed by atoms with Crippen LogP contribution in [-0.4, -0.2) is 48.3 Å². The first-order valence-corrected chi connectivity index (χ1v) is 9.00. The Morgan fingerprint density at radius 1 is 1.32 bits per heavy atom. The van der Waals surface area contributed by atoms with Crippen LogP contribution in [0.15, 0.2) is 35.7 Å². The lowest BCUT2D eigenvalue weighted by molar-refractivity contribution is -0.125. The monoisotopic (exact) mass is 363 g/mol. The number of carbonyl (C=O) groups is 2. The molecule has 2 N–H and O–H groups in total. The minimum absolute atomic E-state index is 0.0580. The third kappa shape index (κ3) is 3.07. The van der Waals surface area contributed by atoms with E-state index in [-0.39, 0.29) is 10.9 Å². The maximum Gasteiger partial charge on any atom is 0.331 e. The second-order valence-electron chi connectivity index (χ2n) is 5.58. The molecule has 0 atom stereocenters. The molecule has 2 aromatic rings. The van der Waals surface area contributed by atoms with Crippen molar-refractivity contribution in [1.82, 2.24) is 14.9 Å². The number of rotatable bonds is 4. The number of anilines is 2. The normalized spacial score (nSPS) is 14.9. The molecule has 10 heteroatoms. The molecule has 0 radical (unpaired) electrons. The van der Waals surface area contributed by atoms with Crippen LogP contribution in [0.1, 0.15) is 12.5 Å². The molecule has 1 aliphatic heterocycles. The molecule has 1 aromatic heterocycles. The van der Waals surface area contributed by atoms with E-state index in [0.717, 1.165) is 4.90 Å². The van der Waals surface area contributed by atoms with E-state index in [0.29, 0.717) is 30.0 Å². The Kier molecular flexibility index (Phi) is 4.21. The number of imide groups is 1. The quantitative estimate of drug-likeness (QED) is 0.850. The van der Waals surface area contributed by atoms with Crippen molar-refractivity contribution in [2.24, 2.45) is 0 Å². The lowest BCUT2D eigenvalue weighted by Crippen LogP contribution is -2.35. The minimum atomic E-state index is -3.81. The number of amides is 3. The summed E-state index contributed by atoms with van der Waals surface area (Å²) in [5, 5.41) is -0.0580. The molecule has 25 heavy (non-hydrogen) atoms. The Morgan fingerprint density at radius 3 is 2.68 bits per heavy atom. The van der Waals surface area contributed by atoms with Crippen molar-refractivity contribution in [3.8, 4) is 0 Å². The van der Waals surface area contributed by atoms with Crippen LogP contribution in [-0.2, 0) is 14.8 Å². The summed E-state index contributed by atoms with van der Waals surface area (Å²) in [5.41, 5.74) is 1.49. The van der Waals surface area contributed by atoms with Gasteiger partial charge < -0.3 is 4.98 Å². The predicted octanol–water partition coefficient (Wildman–Crippen LogP) is 1.31. The molecule has 2 heterocycles. The Balaban J connectivity index is 1.91. The van der Waals surface area contributed by atoms with E-state index < -0.39 is 16.1 Å². The summed E-state index contributed by atoms with van der Waals surface area (Å²) in [5.74, 6) is -0.318. The molecule has 0 bridgehead atoms. The first-order chi connectivity index (χ1) is 11.8. The number of aromatic amines is 1. The number of carbonyl (C=O) groups excluding carboxylic acids is 2. The maximum atomic E-state index is 12.4. The van der Waals surface area contributed by atoms with E-state index in [1.807, 2.05) is 0 Å². The molecule has 0 spiro atoms. The molecule has 3 rings (SSSR count). The molecule has 1 aromatic carbocycles. The molecule has 0 unspecified atom stereocenters. The number of sulfonamides is 1. The van der Waals surface area contributed by atoms with Gasteiger partial charge >= 0.3 is 6.03 Å². The molecular formula is C15H17N5O4S. The molecule has 1 fully saturated rings. The number of hydrogen-bond donors (Lipinski definition) is 2. The van der Waals surface area contributed by atoms with Crippen molar-refractivity contribution in [2.75, 3.05) is 22.7 Å². The molecule has 1 aliphatic rings. The average molecular weight is 363 g/mol. The molecule has 132 valence electrons. The number of H-pyrrole nitrogens is 1. The molecule has 0 aliphatic carbocycles. The summed E-state index contributed by atoms with van der Waals surface area (Å²) in [6.07, 6.45) is 2.48. The summed E-state index contributed by atoms with van der Waals surface area (Å²) in [6, 6.07) is 4.56. The third-order valence-corrected chi connectivity index (χ3v) is 5.28. The number of aromatic nitrogens is 2. The topological polar surface area (TPSA) is 115 Å². The molecule has 0 saturated carbocycles. The van der Waals surface area contributed by atoms with Crippen molar-refractivity contribution < 1.29 is 18.0 Å². The molecule has 9 nitrogen and oxygen atoms in total. The lowest BCUT2D eigenvalue weighted by atomic mass is 10.1. The van der Waals surface area contributed by atoms with Crippen LogP contribution < -0.4 is 9.62 Å². The van der Waals surface area contributed by atoms with Crippen molar-refractivity contribution in [3.63, 3.8) is 0 Å². The van der Waals surface area contributed by atoms with E-state index in [4.69, 9.17) is 0 Å². The van der Waals surface area contributed by atoms with Crippen LogP contribution in [0.5, 0.6) is 0 Å². The maximum absolute atomic E-state index is 12.4. The van der Waals surface area contributed by atoms with E-state index in [1.165, 1.54) is 24.3 Å². The van der Waals surface area contributed by atoms with Crippen LogP contribution in [0.4, 0.5) is 16.2 Å². The van der Waals surface area contributed by atoms with E-state index >= 15 is 0 Å². The van der Waals surface area contributed by atoms with E-state index in [2.05, 4.69) is 14.7 Å². The number of urea groups is 1. The van der Waals surface area contributed by atoms with Gasteiger partial charge in [-0.2, -0.15) is 8.42 Å². The van der Waals surface area contributed by atoms with Gasteiger partial charge in [-0.05, 0) is 24.6 Å². The minimum Gasteiger partial charge on any atom is -0.334 e. The van der Waals surface area contributed by atoms with E-state index in [9.17, 15) is 18.0 Å². The Labute approximate surface area is 144 Å². The lowest BCUT2D eigenvalue weighted by Gasteiger charge is -2.20. The largest absolute Gasteiger partial charge is 0.334 e. The standard InChI is InChI=1S/C15H17N5O4S/c1-10-12(18-25(23,24)14-8-16-9-17-14)4-3-5-13(10)20-7-6-19(11(2)21)15(20)22/h3-5,8-9,18H,6-7H2,1-2H3,(H,16,17). The van der Waals surface area contributed by atoms with Crippen LogP contribution in [0.25, 0.3) is 0 Å². The number of nitrogens with zero attached hydrogens (tertiary/aromatic N) is 3. The summed E-state index contributed by atoms with van der Waals surface area (Å²) < 4.78 is 27.2. The fourth-order valence-electron chi connectivity index (χ4n) is 2.67. The van der Waals surface area contributed by atoms with Gasteiger partial charge in [-0.25, -0.2) is 9.78 Å². The van der Waals surface area contributed by atoms with Crippen LogP contribution in [0.2, 0.25) is 0 Å². The highest BCUT2D eigenvalue weighted by molar-refractivity contribution is 7.92. The zero-order valence-corrected chi connectivity index (χ0v) is 14.5. The number of hydrogen-bond acceptors (Lipinski definition) is 5. The fraction of sp³-hybridized carbons (Fsp3) is 0.267. The Hall–Kier alpha value is -2.88. The highest BCUT2D eigenvalue weighted by Gasteiger charge is 2.33. The van der Waals surface area contributed by atoms with Gasteiger partial charge in [0.05, 0.1) is 23.9 Å². The second kappa shape index (κ2) is 6.20. The number of imidazole rings is 1. The zero-order valence-electron chi connectivity index (χ0n) is 13.7. The van der Waals surface area contributed by atoms with Crippen molar-refractivity contribution in [3.05, 3.63) is 36.3 Å². The molecule has 3 amide bonds. The Morgan fingerprint density at radius 2 is 2.08 bits per heavy atom. The van der Waals surface area contributed by atoms with Gasteiger partial charge in [0.15, 0.2) is 5.03 Å². The van der Waals surface area contributed by atoms with Gasteiger partial charge in [0.2, 0.25) is 5.91 Å². The van der Waals surface area contributed by atoms with Crippen LogP contribution in [0, 0.1) is 6.92 Å². The summed E-state index contributed by atoms with van der Waals surface area (Å²) in [4.78, 5) is 32.7. The van der Waals surface area contributed by atoms with Gasteiger partial charge in [0.25, 0.3) is 10.0 Å². The van der Waals surface area contributed by atoms with Gasteiger partial charge in [0, 0.05) is 20.0 Å². The molecule has 1 saturated heterocycles. The smallest absolute Gasteiger partial charge is 0.331 e. The first kappa shape index (κ1) is 17.0. The number of benzene rings is 1. The summed E-state index contributed by atoms with van der Waals surface area (Å²) in [6.45, 7) is 3.71. The van der Waals surface area contributed by atoms with Crippen molar-refractivity contribution >= 4 is 33.3 Å². The average Bonchev–Trinajstić information content (AvgIpc) is 3.19. The van der Waals surface area contributed by atoms with Crippen LogP contribution >= 0.6 is 0 Å². The predicted molar refractivity (Wildman–Crippen MR) is 90.7 cm³/mol. The Bertz CT molecular complexity index is 923. The summed E-state index contributed by atoms with van der Waals surface area (Å²) >= 11 is 0. The fourth-order valence-corrected chi connectivity index (χ4v) is 3.70. The molecular weight excluding hydrogens is 346 g/mol. The highest BCUT2D eigenvalue weighted by Crippen LogP contribution is 2.30.